The molecule has 4 N–H and O–H groups in total. The molecule has 0 bridgehead atoms. The molecule has 1 unspecified atom stereocenters. The molecule has 0 saturated heterocycles. The maximum Gasteiger partial charge on any atom is 0.191 e. The summed E-state index contributed by atoms with van der Waals surface area (Å²) in [6.45, 7) is 0. The lowest BCUT2D eigenvalue weighted by molar-refractivity contribution is -0.117. The Kier molecular flexibility index (Phi) is 3.17. The quantitative estimate of drug-likeness (QED) is 0.467. The van der Waals surface area contributed by atoms with Crippen LogP contribution >= 0.6 is 0 Å². The maximum atomic E-state index is 11.5. The first-order chi connectivity index (χ1) is 6.74. The zero-order valence-electron chi connectivity index (χ0n) is 7.99. The number of nitrogens with two attached hydrogens (primary N) is 1. The molecule has 0 heterocycles. The second-order valence-electron chi connectivity index (χ2n) is 3.30. The van der Waals surface area contributed by atoms with Gasteiger partial charge in [-0.2, -0.15) is 0 Å². The van der Waals surface area contributed by atoms with Crippen molar-refractivity contribution in [1.29, 1.82) is 0 Å². The molecule has 1 aliphatic carbocycles. The van der Waals surface area contributed by atoms with E-state index in [0.29, 0.717) is 6.42 Å². The van der Waals surface area contributed by atoms with Crippen molar-refractivity contribution < 1.29 is 15.1 Å². The molecule has 1 aromatic rings. The van der Waals surface area contributed by atoms with E-state index in [9.17, 15) is 9.59 Å². The van der Waals surface area contributed by atoms with Crippen molar-refractivity contribution in [3.8, 4) is 0 Å². The second kappa shape index (κ2) is 4.19. The van der Waals surface area contributed by atoms with E-state index in [1.807, 2.05) is 24.3 Å². The highest BCUT2D eigenvalue weighted by Gasteiger charge is 2.28. The van der Waals surface area contributed by atoms with E-state index >= 15 is 0 Å². The maximum absolute atomic E-state index is 11.5. The van der Waals surface area contributed by atoms with Crippen LogP contribution < -0.4 is 5.73 Å². The third kappa shape index (κ3) is 1.74. The molecule has 15 heavy (non-hydrogen) atoms. The summed E-state index contributed by atoms with van der Waals surface area (Å²) in [4.78, 5) is 22.0. The molecule has 0 aromatic heterocycles. The molecule has 2 rings (SSSR count). The number of ketones is 1. The minimum absolute atomic E-state index is 0. The number of benzene rings is 1. The highest BCUT2D eigenvalue weighted by Crippen LogP contribution is 2.26. The van der Waals surface area contributed by atoms with Crippen LogP contribution in [0.2, 0.25) is 0 Å². The smallest absolute Gasteiger partial charge is 0.191 e. The standard InChI is InChI=1S/C11H9NO2.H2O/c12-10-9-4-2-1-3-7(9)5-8(6-13)11(10)14;/h1-4,10H,5,12H2;1H2. The van der Waals surface area contributed by atoms with Gasteiger partial charge in [-0.05, 0) is 11.1 Å². The summed E-state index contributed by atoms with van der Waals surface area (Å²) in [5, 5.41) is 0. The molecule has 0 saturated carbocycles. The van der Waals surface area contributed by atoms with Crippen LogP contribution in [0.4, 0.5) is 0 Å². The Morgan fingerprint density at radius 2 is 2.00 bits per heavy atom. The topological polar surface area (TPSA) is 91.7 Å². The van der Waals surface area contributed by atoms with E-state index in [1.165, 1.54) is 0 Å². The van der Waals surface area contributed by atoms with Crippen molar-refractivity contribution in [2.24, 2.45) is 5.73 Å². The van der Waals surface area contributed by atoms with Crippen molar-refractivity contribution in [1.82, 2.24) is 0 Å². The molecule has 1 aromatic carbocycles. The Morgan fingerprint density at radius 1 is 1.33 bits per heavy atom. The molecule has 0 fully saturated rings. The van der Waals surface area contributed by atoms with Crippen molar-refractivity contribution in [2.75, 3.05) is 0 Å². The first-order valence-corrected chi connectivity index (χ1v) is 4.35. The van der Waals surface area contributed by atoms with Gasteiger partial charge in [-0.3, -0.25) is 4.79 Å². The molecular formula is C11H11NO3. The van der Waals surface area contributed by atoms with Crippen LogP contribution in [0.25, 0.3) is 0 Å². The van der Waals surface area contributed by atoms with Gasteiger partial charge < -0.3 is 11.2 Å². The second-order valence-corrected chi connectivity index (χ2v) is 3.30. The zero-order valence-corrected chi connectivity index (χ0v) is 7.99. The molecule has 0 radical (unpaired) electrons. The van der Waals surface area contributed by atoms with Crippen molar-refractivity contribution in [3.05, 3.63) is 41.0 Å². The normalized spacial score (nSPS) is 18.9. The molecule has 0 spiro atoms. The zero-order chi connectivity index (χ0) is 10.1. The third-order valence-electron chi connectivity index (χ3n) is 2.46. The Balaban J connectivity index is 0.00000112. The third-order valence-corrected chi connectivity index (χ3v) is 2.46. The van der Waals surface area contributed by atoms with Crippen molar-refractivity contribution in [2.45, 2.75) is 12.5 Å². The van der Waals surface area contributed by atoms with Crippen LogP contribution in [0.3, 0.4) is 0 Å². The summed E-state index contributed by atoms with van der Waals surface area (Å²) in [6, 6.07) is 6.69. The molecule has 1 aliphatic rings. The van der Waals surface area contributed by atoms with E-state index in [0.717, 1.165) is 11.1 Å². The summed E-state index contributed by atoms with van der Waals surface area (Å²) in [5.41, 5.74) is 7.61. The predicted octanol–water partition coefficient (Wildman–Crippen LogP) is -0.255. The number of carbonyl (C=O) groups is 1. The van der Waals surface area contributed by atoms with Crippen LogP contribution in [0, 0.1) is 0 Å². The number of hydrogen-bond acceptors (Lipinski definition) is 3. The summed E-state index contributed by atoms with van der Waals surface area (Å²) < 4.78 is 0. The van der Waals surface area contributed by atoms with E-state index in [-0.39, 0.29) is 16.8 Å². The summed E-state index contributed by atoms with van der Waals surface area (Å²) in [7, 11) is 0. The Bertz CT molecular complexity index is 447. The van der Waals surface area contributed by atoms with E-state index in [1.54, 1.807) is 5.94 Å². The van der Waals surface area contributed by atoms with Crippen molar-refractivity contribution >= 4 is 11.7 Å². The molecule has 0 aliphatic heterocycles. The fourth-order valence-corrected chi connectivity index (χ4v) is 1.69. The molecular weight excluding hydrogens is 194 g/mol. The van der Waals surface area contributed by atoms with Gasteiger partial charge in [0.2, 0.25) is 0 Å². The Morgan fingerprint density at radius 3 is 2.67 bits per heavy atom. The van der Waals surface area contributed by atoms with Gasteiger partial charge in [0.25, 0.3) is 0 Å². The summed E-state index contributed by atoms with van der Waals surface area (Å²) in [5.74, 6) is 1.36. The summed E-state index contributed by atoms with van der Waals surface area (Å²) >= 11 is 0. The largest absolute Gasteiger partial charge is 0.412 e. The van der Waals surface area contributed by atoms with E-state index in [4.69, 9.17) is 5.73 Å². The number of fused-ring (bicyclic) bond motifs is 1. The van der Waals surface area contributed by atoms with Gasteiger partial charge in [-0.1, -0.05) is 24.3 Å². The molecule has 4 heteroatoms. The lowest BCUT2D eigenvalue weighted by Gasteiger charge is -2.20. The Hall–Kier alpha value is -1.74. The lowest BCUT2D eigenvalue weighted by atomic mass is 9.84. The van der Waals surface area contributed by atoms with Crippen LogP contribution in [-0.2, 0) is 16.0 Å². The SMILES string of the molecule is NC1C(=O)C(=C=O)Cc2ccccc21.O. The van der Waals surface area contributed by atoms with Crippen LogP contribution in [0.1, 0.15) is 17.2 Å². The average Bonchev–Trinajstić information content (AvgIpc) is 2.23. The van der Waals surface area contributed by atoms with Gasteiger partial charge >= 0.3 is 0 Å². The van der Waals surface area contributed by atoms with Gasteiger partial charge in [0.1, 0.15) is 5.94 Å². The van der Waals surface area contributed by atoms with E-state index in [2.05, 4.69) is 0 Å². The lowest BCUT2D eigenvalue weighted by Crippen LogP contribution is -2.29. The molecule has 1 atom stereocenters. The minimum atomic E-state index is -0.698. The van der Waals surface area contributed by atoms with Gasteiger partial charge in [0.15, 0.2) is 5.78 Å². The van der Waals surface area contributed by atoms with Gasteiger partial charge in [-0.15, -0.1) is 0 Å². The summed E-state index contributed by atoms with van der Waals surface area (Å²) in [6.07, 6.45) is 0.353. The highest BCUT2D eigenvalue weighted by molar-refractivity contribution is 6.07. The number of hydrogen-bond donors (Lipinski definition) is 1. The molecule has 0 amide bonds. The van der Waals surface area contributed by atoms with E-state index < -0.39 is 6.04 Å². The Labute approximate surface area is 86.7 Å². The van der Waals surface area contributed by atoms with Gasteiger partial charge in [0.05, 0.1) is 11.6 Å². The van der Waals surface area contributed by atoms with Crippen molar-refractivity contribution in [3.63, 3.8) is 0 Å². The van der Waals surface area contributed by atoms with Gasteiger partial charge in [-0.25, -0.2) is 4.79 Å². The number of carbonyl (C=O) groups excluding carboxylic acids is 2. The van der Waals surface area contributed by atoms with Crippen LogP contribution in [-0.4, -0.2) is 17.2 Å². The predicted molar refractivity (Wildman–Crippen MR) is 54.9 cm³/mol. The first-order valence-electron chi connectivity index (χ1n) is 4.35. The fourth-order valence-electron chi connectivity index (χ4n) is 1.69. The highest BCUT2D eigenvalue weighted by atomic mass is 16.1. The minimum Gasteiger partial charge on any atom is -0.412 e. The fraction of sp³-hybridized carbons (Fsp3) is 0.182. The van der Waals surface area contributed by atoms with Gasteiger partial charge in [0, 0.05) is 6.42 Å². The number of rotatable bonds is 0. The first kappa shape index (κ1) is 11.3. The molecule has 78 valence electrons. The monoisotopic (exact) mass is 205 g/mol. The molecule has 4 nitrogen and oxygen atoms in total. The van der Waals surface area contributed by atoms with Crippen LogP contribution in [0.15, 0.2) is 29.8 Å². The van der Waals surface area contributed by atoms with Crippen LogP contribution in [0.5, 0.6) is 0 Å². The number of Topliss-reactive ketones (excluding diaryl/α,β-unsaturated/α-hetero) is 1. The average molecular weight is 205 g/mol.